The average molecular weight is 319 g/mol. The third kappa shape index (κ3) is 3.51. The average Bonchev–Trinajstić information content (AvgIpc) is 3.15. The SMILES string of the molecule is Cc1ccc(Cc2cnc(NC(=O)C3CCCN3)s2)cc1F. The first-order chi connectivity index (χ1) is 10.6. The van der Waals surface area contributed by atoms with Crippen LogP contribution in [0, 0.1) is 12.7 Å². The van der Waals surface area contributed by atoms with Gasteiger partial charge in [0.05, 0.1) is 6.04 Å². The Labute approximate surface area is 132 Å². The molecule has 1 unspecified atom stereocenters. The predicted molar refractivity (Wildman–Crippen MR) is 85.7 cm³/mol. The molecule has 1 amide bonds. The Hall–Kier alpha value is -1.79. The standard InChI is InChI=1S/C16H18FN3OS/c1-10-4-5-11(8-13(10)17)7-12-9-19-16(22-12)20-15(21)14-3-2-6-18-14/h4-5,8-9,14,18H,2-3,6-7H2,1H3,(H,19,20,21). The molecule has 0 radical (unpaired) electrons. The van der Waals surface area contributed by atoms with Gasteiger partial charge in [-0.15, -0.1) is 11.3 Å². The molecule has 2 aromatic rings. The Morgan fingerprint density at radius 2 is 2.41 bits per heavy atom. The fraction of sp³-hybridized carbons (Fsp3) is 0.375. The van der Waals surface area contributed by atoms with Crippen LogP contribution in [0.2, 0.25) is 0 Å². The molecule has 116 valence electrons. The van der Waals surface area contributed by atoms with Gasteiger partial charge in [0.15, 0.2) is 5.13 Å². The molecule has 0 spiro atoms. The van der Waals surface area contributed by atoms with Crippen LogP contribution in [0.5, 0.6) is 0 Å². The van der Waals surface area contributed by atoms with Crippen LogP contribution in [0.3, 0.4) is 0 Å². The van der Waals surface area contributed by atoms with Crippen LogP contribution < -0.4 is 10.6 Å². The minimum atomic E-state index is -0.192. The minimum absolute atomic E-state index is 0.0280. The molecule has 2 heterocycles. The summed E-state index contributed by atoms with van der Waals surface area (Å²) in [4.78, 5) is 17.2. The van der Waals surface area contributed by atoms with Crippen molar-refractivity contribution in [1.82, 2.24) is 10.3 Å². The van der Waals surface area contributed by atoms with Gasteiger partial charge in [0.25, 0.3) is 0 Å². The van der Waals surface area contributed by atoms with E-state index >= 15 is 0 Å². The smallest absolute Gasteiger partial charge is 0.243 e. The molecule has 0 aliphatic carbocycles. The monoisotopic (exact) mass is 319 g/mol. The molecule has 1 atom stereocenters. The highest BCUT2D eigenvalue weighted by molar-refractivity contribution is 7.15. The molecule has 0 saturated carbocycles. The number of aryl methyl sites for hydroxylation is 1. The summed E-state index contributed by atoms with van der Waals surface area (Å²) >= 11 is 1.43. The van der Waals surface area contributed by atoms with Gasteiger partial charge in [-0.2, -0.15) is 0 Å². The van der Waals surface area contributed by atoms with Gasteiger partial charge in [0.1, 0.15) is 5.82 Å². The molecule has 1 aliphatic rings. The van der Waals surface area contributed by atoms with Crippen LogP contribution >= 0.6 is 11.3 Å². The summed E-state index contributed by atoms with van der Waals surface area (Å²) in [7, 11) is 0. The van der Waals surface area contributed by atoms with E-state index in [0.29, 0.717) is 17.1 Å². The number of nitrogens with one attached hydrogen (secondary N) is 2. The number of rotatable bonds is 4. The predicted octanol–water partition coefficient (Wildman–Crippen LogP) is 2.87. The number of carbonyl (C=O) groups excluding carboxylic acids is 1. The summed E-state index contributed by atoms with van der Waals surface area (Å²) < 4.78 is 13.6. The maximum atomic E-state index is 13.6. The van der Waals surface area contributed by atoms with Gasteiger partial charge >= 0.3 is 0 Å². The summed E-state index contributed by atoms with van der Waals surface area (Å²) in [5, 5.41) is 6.60. The molecule has 1 saturated heterocycles. The van der Waals surface area contributed by atoms with Crippen molar-refractivity contribution in [2.75, 3.05) is 11.9 Å². The highest BCUT2D eigenvalue weighted by atomic mass is 32.1. The zero-order valence-corrected chi connectivity index (χ0v) is 13.2. The van der Waals surface area contributed by atoms with Crippen molar-refractivity contribution in [1.29, 1.82) is 0 Å². The normalized spacial score (nSPS) is 17.6. The minimum Gasteiger partial charge on any atom is -0.306 e. The fourth-order valence-electron chi connectivity index (χ4n) is 2.50. The first-order valence-electron chi connectivity index (χ1n) is 7.36. The van der Waals surface area contributed by atoms with E-state index in [-0.39, 0.29) is 17.8 Å². The van der Waals surface area contributed by atoms with Crippen molar-refractivity contribution in [2.45, 2.75) is 32.2 Å². The molecule has 4 nitrogen and oxygen atoms in total. The van der Waals surface area contributed by atoms with Crippen LogP contribution in [-0.2, 0) is 11.2 Å². The number of amides is 1. The van der Waals surface area contributed by atoms with E-state index in [2.05, 4.69) is 15.6 Å². The molecule has 1 fully saturated rings. The van der Waals surface area contributed by atoms with Gasteiger partial charge in [0.2, 0.25) is 5.91 Å². The Kier molecular flexibility index (Phi) is 4.49. The Bertz CT molecular complexity index is 680. The molecular weight excluding hydrogens is 301 g/mol. The second-order valence-corrected chi connectivity index (χ2v) is 6.65. The Morgan fingerprint density at radius 1 is 1.55 bits per heavy atom. The topological polar surface area (TPSA) is 54.0 Å². The van der Waals surface area contributed by atoms with Gasteiger partial charge in [-0.1, -0.05) is 12.1 Å². The molecule has 1 aliphatic heterocycles. The van der Waals surface area contributed by atoms with Crippen molar-refractivity contribution >= 4 is 22.4 Å². The van der Waals surface area contributed by atoms with Crippen molar-refractivity contribution in [3.63, 3.8) is 0 Å². The molecule has 1 aromatic carbocycles. The lowest BCUT2D eigenvalue weighted by Gasteiger charge is -2.08. The second-order valence-electron chi connectivity index (χ2n) is 5.53. The molecule has 0 bridgehead atoms. The number of hydrogen-bond donors (Lipinski definition) is 2. The van der Waals surface area contributed by atoms with Gasteiger partial charge in [-0.25, -0.2) is 9.37 Å². The number of aromatic nitrogens is 1. The van der Waals surface area contributed by atoms with E-state index in [9.17, 15) is 9.18 Å². The zero-order chi connectivity index (χ0) is 15.5. The second kappa shape index (κ2) is 6.54. The summed E-state index contributed by atoms with van der Waals surface area (Å²) in [5.41, 5.74) is 1.55. The van der Waals surface area contributed by atoms with Gasteiger partial charge in [-0.05, 0) is 43.5 Å². The number of nitrogens with zero attached hydrogens (tertiary/aromatic N) is 1. The molecule has 1 aromatic heterocycles. The lowest BCUT2D eigenvalue weighted by Crippen LogP contribution is -2.35. The van der Waals surface area contributed by atoms with Crippen molar-refractivity contribution in [3.8, 4) is 0 Å². The molecule has 3 rings (SSSR count). The van der Waals surface area contributed by atoms with Crippen LogP contribution in [0.4, 0.5) is 9.52 Å². The van der Waals surface area contributed by atoms with Gasteiger partial charge in [0, 0.05) is 17.5 Å². The van der Waals surface area contributed by atoms with Crippen LogP contribution in [0.15, 0.2) is 24.4 Å². The number of hydrogen-bond acceptors (Lipinski definition) is 4. The van der Waals surface area contributed by atoms with E-state index in [0.717, 1.165) is 29.8 Å². The highest BCUT2D eigenvalue weighted by Gasteiger charge is 2.22. The third-order valence-electron chi connectivity index (χ3n) is 3.78. The Balaban J connectivity index is 1.63. The van der Waals surface area contributed by atoms with E-state index in [1.54, 1.807) is 25.3 Å². The summed E-state index contributed by atoms with van der Waals surface area (Å²) in [6.45, 7) is 2.64. The number of anilines is 1. The number of benzene rings is 1. The molecule has 22 heavy (non-hydrogen) atoms. The van der Waals surface area contributed by atoms with Crippen molar-refractivity contribution in [2.24, 2.45) is 0 Å². The lowest BCUT2D eigenvalue weighted by atomic mass is 10.1. The van der Waals surface area contributed by atoms with Crippen molar-refractivity contribution < 1.29 is 9.18 Å². The lowest BCUT2D eigenvalue weighted by molar-refractivity contribution is -0.117. The first kappa shape index (κ1) is 15.1. The maximum Gasteiger partial charge on any atom is 0.243 e. The van der Waals surface area contributed by atoms with E-state index < -0.39 is 0 Å². The van der Waals surface area contributed by atoms with Gasteiger partial charge in [-0.3, -0.25) is 4.79 Å². The molecule has 6 heteroatoms. The van der Waals surface area contributed by atoms with Crippen LogP contribution in [0.1, 0.15) is 28.8 Å². The number of carbonyl (C=O) groups is 1. The fourth-order valence-corrected chi connectivity index (χ4v) is 3.34. The third-order valence-corrected chi connectivity index (χ3v) is 4.69. The quantitative estimate of drug-likeness (QED) is 0.911. The van der Waals surface area contributed by atoms with Gasteiger partial charge < -0.3 is 10.6 Å². The van der Waals surface area contributed by atoms with Crippen LogP contribution in [-0.4, -0.2) is 23.5 Å². The van der Waals surface area contributed by atoms with E-state index in [1.807, 2.05) is 6.07 Å². The summed E-state index contributed by atoms with van der Waals surface area (Å²) in [6, 6.07) is 5.13. The first-order valence-corrected chi connectivity index (χ1v) is 8.17. The van der Waals surface area contributed by atoms with E-state index in [4.69, 9.17) is 0 Å². The van der Waals surface area contributed by atoms with Crippen LogP contribution in [0.25, 0.3) is 0 Å². The maximum absolute atomic E-state index is 13.6. The summed E-state index contributed by atoms with van der Waals surface area (Å²) in [6.07, 6.45) is 4.25. The summed E-state index contributed by atoms with van der Waals surface area (Å²) in [5.74, 6) is -0.220. The number of halogens is 1. The van der Waals surface area contributed by atoms with Crippen molar-refractivity contribution in [3.05, 3.63) is 46.2 Å². The molecular formula is C16H18FN3OS. The molecule has 2 N–H and O–H groups in total. The number of thiazole rings is 1. The highest BCUT2D eigenvalue weighted by Crippen LogP contribution is 2.22. The van der Waals surface area contributed by atoms with E-state index in [1.165, 1.54) is 11.3 Å². The Morgan fingerprint density at radius 3 is 3.14 bits per heavy atom. The largest absolute Gasteiger partial charge is 0.306 e. The zero-order valence-electron chi connectivity index (χ0n) is 12.4.